The van der Waals surface area contributed by atoms with Crippen molar-refractivity contribution in [1.82, 2.24) is 0 Å². The average Bonchev–Trinajstić information content (AvgIpc) is 1.88. The molecule has 3 heteroatoms. The monoisotopic (exact) mass is 157 g/mol. The van der Waals surface area contributed by atoms with Crippen LogP contribution in [0, 0.1) is 6.92 Å². The van der Waals surface area contributed by atoms with E-state index < -0.39 is 11.1 Å². The molecule has 0 spiro atoms. The number of hydrogen-bond donors (Lipinski definition) is 0. The molecule has 0 aliphatic heterocycles. The van der Waals surface area contributed by atoms with Crippen molar-refractivity contribution in [3.05, 3.63) is 29.8 Å². The van der Waals surface area contributed by atoms with E-state index in [0.29, 0.717) is 4.90 Å². The molecular weight excluding hydrogens is 148 g/mol. The summed E-state index contributed by atoms with van der Waals surface area (Å²) in [7, 11) is 0. The Morgan fingerprint density at radius 3 is 2.30 bits per heavy atom. The Bertz CT molecular complexity index is 245. The van der Waals surface area contributed by atoms with Gasteiger partial charge in [0.15, 0.2) is 0 Å². The van der Waals surface area contributed by atoms with E-state index in [4.69, 9.17) is 0 Å². The molecule has 0 saturated heterocycles. The maximum absolute atomic E-state index is 10.3. The highest BCUT2D eigenvalue weighted by Crippen LogP contribution is 2.05. The van der Waals surface area contributed by atoms with Gasteiger partial charge >= 0.3 is 0 Å². The molecule has 0 aliphatic carbocycles. The molecule has 1 rings (SSSR count). The van der Waals surface area contributed by atoms with E-state index in [0.717, 1.165) is 5.56 Å². The number of aryl methyl sites for hydroxylation is 1. The molecule has 0 radical (unpaired) electrons. The Labute approximate surface area is 63.7 Å². The molecule has 1 aromatic carbocycles. The van der Waals surface area contributed by atoms with E-state index in [2.05, 4.69) is 0 Å². The van der Waals surface area contributed by atoms with Crippen LogP contribution in [0.25, 0.3) is 0 Å². The molecule has 1 aromatic rings. The van der Waals surface area contributed by atoms with Crippen LogP contribution in [0.3, 0.4) is 0 Å². The van der Waals surface area contributed by atoms with Gasteiger partial charge in [-0.25, -0.2) is 0 Å². The molecule has 2 nitrogen and oxygen atoms in total. The van der Waals surface area contributed by atoms with Gasteiger partial charge in [0.25, 0.3) is 0 Å². The smallest absolute Gasteiger partial charge is 0.0248 e. The zero-order chi connectivity index (χ0) is 7.56. The van der Waals surface area contributed by atoms with Gasteiger partial charge in [0, 0.05) is 6.32 Å². The lowest BCUT2D eigenvalue weighted by Crippen LogP contribution is -1.87. The van der Waals surface area contributed by atoms with Gasteiger partial charge in [-0.15, -0.1) is 0 Å². The zero-order valence-electron chi connectivity index (χ0n) is 5.53. The van der Waals surface area contributed by atoms with E-state index in [1.54, 1.807) is 24.3 Å². The number of hydrogen-bond acceptors (Lipinski definition) is 2. The van der Waals surface area contributed by atoms with Crippen molar-refractivity contribution in [3.63, 3.8) is 0 Å². The van der Waals surface area contributed by atoms with Gasteiger partial charge in [0.1, 0.15) is 0 Å². The van der Waals surface area contributed by atoms with Crippen LogP contribution in [0.15, 0.2) is 29.2 Å². The first-order chi connectivity index (χ1) is 4.70. The molecule has 56 valence electrons. The first kappa shape index (κ1) is 7.44. The van der Waals surface area contributed by atoms with E-state index >= 15 is 0 Å². The van der Waals surface area contributed by atoms with Crippen LogP contribution < -0.4 is 0 Å². The Morgan fingerprint density at radius 1 is 1.40 bits per heavy atom. The molecule has 0 fully saturated rings. The molecule has 0 heterocycles. The quantitative estimate of drug-likeness (QED) is 0.579. The van der Waals surface area contributed by atoms with E-state index in [9.17, 15) is 8.76 Å². The SMILES string of the molecule is Cc1ccc(S(=O)[O-])cc1.[HH]. The van der Waals surface area contributed by atoms with Crippen molar-refractivity contribution in [1.29, 1.82) is 0 Å². The minimum absolute atomic E-state index is 0. The predicted octanol–water partition coefficient (Wildman–Crippen LogP) is 1.48. The van der Waals surface area contributed by atoms with Crippen molar-refractivity contribution < 1.29 is 10.2 Å². The standard InChI is InChI=1S/C7H8O2S.H2/c1-6-2-4-7(5-3-6)10(8)9;/h2-5H,1H3,(H,8,9);1H/p-1. The number of benzene rings is 1. The summed E-state index contributed by atoms with van der Waals surface area (Å²) in [6.07, 6.45) is 0. The van der Waals surface area contributed by atoms with Gasteiger partial charge in [0.05, 0.1) is 0 Å². The van der Waals surface area contributed by atoms with Gasteiger partial charge < -0.3 is 4.55 Å². The minimum atomic E-state index is -2.09. The van der Waals surface area contributed by atoms with Gasteiger partial charge in [0.2, 0.25) is 0 Å². The Hall–Kier alpha value is -0.670. The lowest BCUT2D eigenvalue weighted by Gasteiger charge is -2.03. The van der Waals surface area contributed by atoms with E-state index in [-0.39, 0.29) is 1.43 Å². The fraction of sp³-hybridized carbons (Fsp3) is 0.143. The highest BCUT2D eigenvalue weighted by atomic mass is 32.2. The Balaban J connectivity index is 0.000001000. The normalized spacial score (nSPS) is 13.0. The third-order valence-electron chi connectivity index (χ3n) is 1.21. The second-order valence-electron chi connectivity index (χ2n) is 2.05. The molecule has 0 aromatic heterocycles. The fourth-order valence-electron chi connectivity index (χ4n) is 0.649. The molecule has 1 atom stereocenters. The molecule has 0 bridgehead atoms. The predicted molar refractivity (Wildman–Crippen MR) is 40.5 cm³/mol. The van der Waals surface area contributed by atoms with Crippen LogP contribution in [0.2, 0.25) is 0 Å². The zero-order valence-corrected chi connectivity index (χ0v) is 6.35. The summed E-state index contributed by atoms with van der Waals surface area (Å²) in [6, 6.07) is 6.70. The minimum Gasteiger partial charge on any atom is -0.768 e. The van der Waals surface area contributed by atoms with Gasteiger partial charge in [-0.1, -0.05) is 17.7 Å². The lowest BCUT2D eigenvalue weighted by molar-refractivity contribution is 0.537. The summed E-state index contributed by atoms with van der Waals surface area (Å²) in [5, 5.41) is 0. The maximum atomic E-state index is 10.3. The molecule has 0 N–H and O–H groups in total. The van der Waals surface area contributed by atoms with Crippen molar-refractivity contribution in [2.24, 2.45) is 0 Å². The third-order valence-corrected chi connectivity index (χ3v) is 1.87. The van der Waals surface area contributed by atoms with Crippen LogP contribution in [-0.2, 0) is 11.1 Å². The van der Waals surface area contributed by atoms with Gasteiger partial charge in [-0.3, -0.25) is 4.21 Å². The van der Waals surface area contributed by atoms with Crippen molar-refractivity contribution in [3.8, 4) is 0 Å². The Kier molecular flexibility index (Phi) is 2.19. The van der Waals surface area contributed by atoms with Crippen LogP contribution in [0.4, 0.5) is 0 Å². The summed E-state index contributed by atoms with van der Waals surface area (Å²) in [5.74, 6) is 0. The number of rotatable bonds is 1. The van der Waals surface area contributed by atoms with Crippen LogP contribution >= 0.6 is 0 Å². The fourth-order valence-corrected chi connectivity index (χ4v) is 1.01. The largest absolute Gasteiger partial charge is 0.768 e. The Morgan fingerprint density at radius 2 is 1.90 bits per heavy atom. The second-order valence-corrected chi connectivity index (χ2v) is 2.99. The summed E-state index contributed by atoms with van der Waals surface area (Å²) in [4.78, 5) is 0.339. The van der Waals surface area contributed by atoms with Crippen LogP contribution in [-0.4, -0.2) is 8.76 Å². The molecule has 10 heavy (non-hydrogen) atoms. The lowest BCUT2D eigenvalue weighted by atomic mass is 10.2. The molecule has 0 aliphatic rings. The maximum Gasteiger partial charge on any atom is 0.0248 e. The highest BCUT2D eigenvalue weighted by molar-refractivity contribution is 7.79. The van der Waals surface area contributed by atoms with Gasteiger partial charge in [-0.05, 0) is 30.1 Å². The molecule has 0 amide bonds. The van der Waals surface area contributed by atoms with Crippen molar-refractivity contribution in [2.45, 2.75) is 11.8 Å². The first-order valence-corrected chi connectivity index (χ1v) is 3.93. The van der Waals surface area contributed by atoms with E-state index in [1.165, 1.54) is 0 Å². The second kappa shape index (κ2) is 2.94. The van der Waals surface area contributed by atoms with Crippen molar-refractivity contribution >= 4 is 11.1 Å². The highest BCUT2D eigenvalue weighted by Gasteiger charge is 1.88. The summed E-state index contributed by atoms with van der Waals surface area (Å²) in [6.45, 7) is 1.91. The third kappa shape index (κ3) is 1.65. The molecule has 0 saturated carbocycles. The average molecular weight is 157 g/mol. The molecule has 1 unspecified atom stereocenters. The summed E-state index contributed by atoms with van der Waals surface area (Å²) in [5.41, 5.74) is 1.06. The van der Waals surface area contributed by atoms with E-state index in [1.807, 2.05) is 6.92 Å². The van der Waals surface area contributed by atoms with Crippen LogP contribution in [0.5, 0.6) is 0 Å². The molecular formula is C7H9O2S-. The van der Waals surface area contributed by atoms with Gasteiger partial charge in [-0.2, -0.15) is 0 Å². The van der Waals surface area contributed by atoms with Crippen molar-refractivity contribution in [2.75, 3.05) is 0 Å². The van der Waals surface area contributed by atoms with Crippen LogP contribution in [0.1, 0.15) is 6.99 Å². The first-order valence-electron chi connectivity index (χ1n) is 2.86. The topological polar surface area (TPSA) is 40.1 Å². The summed E-state index contributed by atoms with van der Waals surface area (Å²) < 4.78 is 20.6. The summed E-state index contributed by atoms with van der Waals surface area (Å²) >= 11 is -2.09.